The van der Waals surface area contributed by atoms with Gasteiger partial charge in [0.05, 0.1) is 23.7 Å². The Morgan fingerprint density at radius 2 is 2.07 bits per heavy atom. The summed E-state index contributed by atoms with van der Waals surface area (Å²) in [6.45, 7) is 2.30. The van der Waals surface area contributed by atoms with Gasteiger partial charge in [0.2, 0.25) is 5.91 Å². The summed E-state index contributed by atoms with van der Waals surface area (Å²) in [6.07, 6.45) is 0. The van der Waals surface area contributed by atoms with Crippen molar-refractivity contribution in [3.63, 3.8) is 0 Å². The Hall–Kier alpha value is -2.59. The Balaban J connectivity index is 1.67. The van der Waals surface area contributed by atoms with Gasteiger partial charge < -0.3 is 15.4 Å². The molecule has 2 aromatic rings. The van der Waals surface area contributed by atoms with E-state index in [-0.39, 0.29) is 27.4 Å². The number of amidine groups is 1. The molecule has 10 heteroatoms. The van der Waals surface area contributed by atoms with Gasteiger partial charge in [0.25, 0.3) is 10.0 Å². The summed E-state index contributed by atoms with van der Waals surface area (Å²) in [4.78, 5) is 12.0. The predicted octanol–water partition coefficient (Wildman–Crippen LogP) is 3.07. The van der Waals surface area contributed by atoms with Gasteiger partial charge in [-0.3, -0.25) is 4.79 Å². The van der Waals surface area contributed by atoms with Crippen molar-refractivity contribution in [2.45, 2.75) is 11.8 Å². The summed E-state index contributed by atoms with van der Waals surface area (Å²) < 4.78 is 46.6. The first-order valence-corrected chi connectivity index (χ1v) is 10.4. The van der Waals surface area contributed by atoms with Crippen molar-refractivity contribution in [1.82, 2.24) is 0 Å². The minimum atomic E-state index is -4.02. The van der Waals surface area contributed by atoms with E-state index >= 15 is 0 Å². The molecular weight excluding hydrogens is 393 g/mol. The average Bonchev–Trinajstić information content (AvgIpc) is 2.62. The first-order chi connectivity index (χ1) is 12.9. The molecule has 0 saturated heterocycles. The molecule has 7 nitrogen and oxygen atoms in total. The molecular formula is C17H16FN3O4S2. The van der Waals surface area contributed by atoms with Gasteiger partial charge in [-0.2, -0.15) is 8.42 Å². The van der Waals surface area contributed by atoms with E-state index in [2.05, 4.69) is 15.0 Å². The Kier molecular flexibility index (Phi) is 5.66. The molecule has 0 bridgehead atoms. The predicted molar refractivity (Wildman–Crippen MR) is 103 cm³/mol. The van der Waals surface area contributed by atoms with E-state index in [1.807, 2.05) is 6.92 Å². The number of amides is 1. The number of fused-ring (bicyclic) bond motifs is 1. The maximum Gasteiger partial charge on any atom is 0.286 e. The molecule has 0 aromatic heterocycles. The van der Waals surface area contributed by atoms with Crippen LogP contribution in [0.15, 0.2) is 51.8 Å². The molecule has 0 atom stereocenters. The maximum atomic E-state index is 13.3. The van der Waals surface area contributed by atoms with Gasteiger partial charge in [0.1, 0.15) is 16.5 Å². The fourth-order valence-electron chi connectivity index (χ4n) is 2.34. The molecule has 142 valence electrons. The molecule has 1 heterocycles. The molecule has 2 N–H and O–H groups in total. The van der Waals surface area contributed by atoms with Gasteiger partial charge in [0, 0.05) is 0 Å². The lowest BCUT2D eigenvalue weighted by Gasteiger charge is -2.17. The van der Waals surface area contributed by atoms with E-state index in [9.17, 15) is 17.6 Å². The Labute approximate surface area is 160 Å². The monoisotopic (exact) mass is 409 g/mol. The zero-order valence-corrected chi connectivity index (χ0v) is 15.9. The van der Waals surface area contributed by atoms with Gasteiger partial charge in [-0.1, -0.05) is 23.9 Å². The molecule has 0 radical (unpaired) electrons. The van der Waals surface area contributed by atoms with Gasteiger partial charge >= 0.3 is 0 Å². The fraction of sp³-hybridized carbons (Fsp3) is 0.176. The smallest absolute Gasteiger partial charge is 0.286 e. The molecule has 1 aliphatic rings. The van der Waals surface area contributed by atoms with Gasteiger partial charge in [0.15, 0.2) is 5.17 Å². The summed E-state index contributed by atoms with van der Waals surface area (Å²) >= 11 is 0.927. The molecule has 3 rings (SSSR count). The van der Waals surface area contributed by atoms with Gasteiger partial charge in [-0.15, -0.1) is 4.40 Å². The zero-order chi connectivity index (χ0) is 19.4. The number of halogens is 1. The molecule has 1 amide bonds. The van der Waals surface area contributed by atoms with Crippen LogP contribution >= 0.6 is 11.8 Å². The molecule has 0 aliphatic carbocycles. The van der Waals surface area contributed by atoms with Crippen LogP contribution in [-0.2, 0) is 14.8 Å². The lowest BCUT2D eigenvalue weighted by atomic mass is 10.3. The third kappa shape index (κ3) is 4.58. The van der Waals surface area contributed by atoms with Crippen molar-refractivity contribution in [1.29, 1.82) is 0 Å². The molecule has 1 aliphatic heterocycles. The van der Waals surface area contributed by atoms with Gasteiger partial charge in [-0.25, -0.2) is 4.39 Å². The third-order valence-corrected chi connectivity index (χ3v) is 5.77. The standard InChI is InChI=1S/C17H16FN3O4S2/c1-2-25-14-6-4-3-5-12(14)19-16(22)10-26-17-20-13-8-7-11(18)9-15(13)27(23,24)21-17/h3-9H,2,10H2,1H3,(H,19,22)(H,20,21). The van der Waals surface area contributed by atoms with E-state index in [4.69, 9.17) is 4.74 Å². The molecule has 0 spiro atoms. The number of nitrogens with one attached hydrogen (secondary N) is 2. The van der Waals surface area contributed by atoms with Crippen LogP contribution in [0.3, 0.4) is 0 Å². The number of hydrogen-bond acceptors (Lipinski definition) is 6. The van der Waals surface area contributed by atoms with Crippen LogP contribution in [0.1, 0.15) is 6.92 Å². The second-order valence-corrected chi connectivity index (χ2v) is 7.94. The largest absolute Gasteiger partial charge is 0.492 e. The van der Waals surface area contributed by atoms with E-state index in [1.165, 1.54) is 6.07 Å². The second-order valence-electron chi connectivity index (χ2n) is 5.40. The number of nitrogens with zero attached hydrogens (tertiary/aromatic N) is 1. The van der Waals surface area contributed by atoms with Crippen LogP contribution in [0.4, 0.5) is 15.8 Å². The van der Waals surface area contributed by atoms with E-state index in [0.717, 1.165) is 23.9 Å². The van der Waals surface area contributed by atoms with Crippen LogP contribution in [-0.4, -0.2) is 31.9 Å². The molecule has 0 fully saturated rings. The lowest BCUT2D eigenvalue weighted by molar-refractivity contribution is -0.113. The normalized spacial score (nSPS) is 14.5. The number of para-hydroxylation sites is 2. The molecule has 27 heavy (non-hydrogen) atoms. The van der Waals surface area contributed by atoms with Crippen molar-refractivity contribution in [2.75, 3.05) is 23.0 Å². The Morgan fingerprint density at radius 3 is 2.85 bits per heavy atom. The van der Waals surface area contributed by atoms with Crippen LogP contribution in [0.2, 0.25) is 0 Å². The number of anilines is 2. The Morgan fingerprint density at radius 1 is 1.30 bits per heavy atom. The van der Waals surface area contributed by atoms with Crippen molar-refractivity contribution in [3.8, 4) is 5.75 Å². The minimum Gasteiger partial charge on any atom is -0.492 e. The SMILES string of the molecule is CCOc1ccccc1NC(=O)CSC1=NS(=O)(=O)c2cc(F)ccc2N1. The summed E-state index contributed by atoms with van der Waals surface area (Å²) in [6, 6.07) is 10.4. The number of ether oxygens (including phenoxy) is 1. The number of carbonyl (C=O) groups is 1. The maximum absolute atomic E-state index is 13.3. The number of carbonyl (C=O) groups excluding carboxylic acids is 1. The highest BCUT2D eigenvalue weighted by atomic mass is 32.2. The molecule has 2 aromatic carbocycles. The summed E-state index contributed by atoms with van der Waals surface area (Å²) in [5.41, 5.74) is 0.743. The lowest BCUT2D eigenvalue weighted by Crippen LogP contribution is -2.22. The number of benzene rings is 2. The first kappa shape index (κ1) is 19.2. The van der Waals surface area contributed by atoms with Crippen LogP contribution in [0.5, 0.6) is 5.75 Å². The summed E-state index contributed by atoms with van der Waals surface area (Å²) in [5.74, 6) is -0.542. The van der Waals surface area contributed by atoms with Crippen molar-refractivity contribution >= 4 is 44.2 Å². The summed E-state index contributed by atoms with van der Waals surface area (Å²) in [5, 5.41) is 5.55. The van der Waals surface area contributed by atoms with Crippen molar-refractivity contribution < 1.29 is 22.3 Å². The topological polar surface area (TPSA) is 96.9 Å². The highest BCUT2D eigenvalue weighted by molar-refractivity contribution is 8.15. The first-order valence-electron chi connectivity index (χ1n) is 7.95. The third-order valence-electron chi connectivity index (χ3n) is 3.47. The highest BCUT2D eigenvalue weighted by Gasteiger charge is 2.26. The van der Waals surface area contributed by atoms with E-state index in [0.29, 0.717) is 18.0 Å². The number of sulfonamides is 1. The number of thioether (sulfide) groups is 1. The molecule has 0 unspecified atom stereocenters. The second kappa shape index (κ2) is 7.97. The highest BCUT2D eigenvalue weighted by Crippen LogP contribution is 2.30. The molecule has 0 saturated carbocycles. The fourth-order valence-corrected chi connectivity index (χ4v) is 4.39. The number of hydrogen-bond donors (Lipinski definition) is 2. The number of rotatable bonds is 5. The van der Waals surface area contributed by atoms with Crippen LogP contribution in [0, 0.1) is 5.82 Å². The Bertz CT molecular complexity index is 1010. The van der Waals surface area contributed by atoms with Gasteiger partial charge in [-0.05, 0) is 37.3 Å². The van der Waals surface area contributed by atoms with Crippen molar-refractivity contribution in [3.05, 3.63) is 48.3 Å². The quantitative estimate of drug-likeness (QED) is 0.788. The minimum absolute atomic E-state index is 0.0438. The average molecular weight is 409 g/mol. The van der Waals surface area contributed by atoms with E-state index < -0.39 is 15.8 Å². The van der Waals surface area contributed by atoms with Crippen LogP contribution < -0.4 is 15.4 Å². The van der Waals surface area contributed by atoms with E-state index in [1.54, 1.807) is 24.3 Å². The zero-order valence-electron chi connectivity index (χ0n) is 14.2. The van der Waals surface area contributed by atoms with Crippen LogP contribution in [0.25, 0.3) is 0 Å². The summed E-state index contributed by atoms with van der Waals surface area (Å²) in [7, 11) is -4.02. The van der Waals surface area contributed by atoms with Crippen molar-refractivity contribution in [2.24, 2.45) is 4.40 Å².